The van der Waals surface area contributed by atoms with Crippen molar-refractivity contribution in [1.29, 1.82) is 0 Å². The van der Waals surface area contributed by atoms with E-state index in [4.69, 9.17) is 0 Å². The van der Waals surface area contributed by atoms with Crippen molar-refractivity contribution < 1.29 is 14.7 Å². The smallest absolute Gasteiger partial charge is 0.300 e. The number of aliphatic hydroxyl groups is 1. The fraction of sp³-hybridized carbons (Fsp3) is 0.167. The Bertz CT molecular complexity index is 1140. The second kappa shape index (κ2) is 7.33. The maximum atomic E-state index is 13.1. The highest BCUT2D eigenvalue weighted by atomic mass is 32.1. The number of anilines is 1. The zero-order valence-corrected chi connectivity index (χ0v) is 17.3. The largest absolute Gasteiger partial charge is 0.507 e. The molecule has 5 heteroatoms. The molecule has 1 amide bonds. The SMILES string of the molecule is Cc1ccc(N2C(=O)C(=O)/C(=C(\O)c3ccccc3)C2c2sccc2C)cc1C. The van der Waals surface area contributed by atoms with Crippen LogP contribution in [-0.2, 0) is 9.59 Å². The molecule has 1 aliphatic heterocycles. The van der Waals surface area contributed by atoms with Gasteiger partial charge in [0.1, 0.15) is 11.8 Å². The third-order valence-electron chi connectivity index (χ3n) is 5.41. The van der Waals surface area contributed by atoms with Crippen LogP contribution in [0.4, 0.5) is 5.69 Å². The third-order valence-corrected chi connectivity index (χ3v) is 6.48. The molecule has 0 aliphatic carbocycles. The summed E-state index contributed by atoms with van der Waals surface area (Å²) in [6.45, 7) is 5.93. The Kier molecular flexibility index (Phi) is 4.84. The molecule has 1 aliphatic rings. The van der Waals surface area contributed by atoms with Crippen LogP contribution >= 0.6 is 11.3 Å². The highest BCUT2D eigenvalue weighted by Crippen LogP contribution is 2.45. The Morgan fingerprint density at radius 3 is 2.28 bits per heavy atom. The number of amides is 1. The molecule has 2 heterocycles. The summed E-state index contributed by atoms with van der Waals surface area (Å²) in [6.07, 6.45) is 0. The number of thiophene rings is 1. The number of benzene rings is 2. The van der Waals surface area contributed by atoms with Crippen LogP contribution in [0.5, 0.6) is 0 Å². The molecular formula is C24H21NO3S. The third kappa shape index (κ3) is 3.17. The van der Waals surface area contributed by atoms with Crippen LogP contribution in [0.25, 0.3) is 5.76 Å². The van der Waals surface area contributed by atoms with Gasteiger partial charge in [0, 0.05) is 16.1 Å². The Balaban J connectivity index is 1.96. The fourth-order valence-corrected chi connectivity index (χ4v) is 4.66. The molecule has 146 valence electrons. The summed E-state index contributed by atoms with van der Waals surface area (Å²) in [4.78, 5) is 28.6. The Labute approximate surface area is 173 Å². The topological polar surface area (TPSA) is 57.6 Å². The predicted molar refractivity (Wildman–Crippen MR) is 116 cm³/mol. The van der Waals surface area contributed by atoms with Gasteiger partial charge in [-0.05, 0) is 61.0 Å². The monoisotopic (exact) mass is 403 g/mol. The lowest BCUT2D eigenvalue weighted by molar-refractivity contribution is -0.132. The quantitative estimate of drug-likeness (QED) is 0.367. The number of carbonyl (C=O) groups is 2. The molecule has 1 saturated heterocycles. The molecule has 1 unspecified atom stereocenters. The Morgan fingerprint density at radius 2 is 1.66 bits per heavy atom. The molecule has 1 N–H and O–H groups in total. The Morgan fingerprint density at radius 1 is 0.931 bits per heavy atom. The van der Waals surface area contributed by atoms with Crippen LogP contribution in [0.2, 0.25) is 0 Å². The van der Waals surface area contributed by atoms with Gasteiger partial charge in [0.25, 0.3) is 11.7 Å². The number of nitrogens with zero attached hydrogens (tertiary/aromatic N) is 1. The molecule has 1 atom stereocenters. The van der Waals surface area contributed by atoms with Crippen molar-refractivity contribution in [3.05, 3.63) is 92.7 Å². The first-order chi connectivity index (χ1) is 13.9. The Hall–Kier alpha value is -3.18. The van der Waals surface area contributed by atoms with Gasteiger partial charge < -0.3 is 5.11 Å². The molecule has 1 fully saturated rings. The van der Waals surface area contributed by atoms with Crippen LogP contribution in [-0.4, -0.2) is 16.8 Å². The molecule has 0 bridgehead atoms. The number of aryl methyl sites for hydroxylation is 3. The lowest BCUT2D eigenvalue weighted by Gasteiger charge is -2.25. The summed E-state index contributed by atoms with van der Waals surface area (Å²) in [5, 5.41) is 13.0. The van der Waals surface area contributed by atoms with Gasteiger partial charge in [0.2, 0.25) is 0 Å². The van der Waals surface area contributed by atoms with Crippen LogP contribution in [0.15, 0.2) is 65.6 Å². The molecule has 4 rings (SSSR count). The number of Topliss-reactive ketones (excluding diaryl/α,β-unsaturated/α-hetero) is 1. The molecule has 1 aromatic heterocycles. The summed E-state index contributed by atoms with van der Waals surface area (Å²) in [6, 6.07) is 15.9. The first-order valence-corrected chi connectivity index (χ1v) is 10.3. The van der Waals surface area contributed by atoms with Crippen molar-refractivity contribution in [2.24, 2.45) is 0 Å². The van der Waals surface area contributed by atoms with E-state index in [-0.39, 0.29) is 11.3 Å². The van der Waals surface area contributed by atoms with Gasteiger partial charge in [-0.2, -0.15) is 0 Å². The van der Waals surface area contributed by atoms with Crippen LogP contribution in [0, 0.1) is 20.8 Å². The summed E-state index contributed by atoms with van der Waals surface area (Å²) >= 11 is 1.48. The van der Waals surface area contributed by atoms with Crippen molar-refractivity contribution in [3.8, 4) is 0 Å². The normalized spacial score (nSPS) is 18.4. The summed E-state index contributed by atoms with van der Waals surface area (Å²) in [7, 11) is 0. The van der Waals surface area contributed by atoms with Gasteiger partial charge in [-0.15, -0.1) is 11.3 Å². The fourth-order valence-electron chi connectivity index (χ4n) is 3.64. The van der Waals surface area contributed by atoms with Crippen molar-refractivity contribution in [3.63, 3.8) is 0 Å². The lowest BCUT2D eigenvalue weighted by atomic mass is 9.98. The van der Waals surface area contributed by atoms with Gasteiger partial charge in [-0.1, -0.05) is 36.4 Å². The average molecular weight is 404 g/mol. The minimum absolute atomic E-state index is 0.130. The van der Waals surface area contributed by atoms with Crippen LogP contribution in [0.1, 0.15) is 33.2 Å². The standard InChI is InChI=1S/C24H21NO3S/c1-14-9-10-18(13-16(14)3)25-20(23-15(2)11-12-29-23)19(22(27)24(25)28)21(26)17-7-5-4-6-8-17/h4-13,20,26H,1-3H3/b21-19-. The van der Waals surface area contributed by atoms with E-state index in [0.29, 0.717) is 11.3 Å². The van der Waals surface area contributed by atoms with Gasteiger partial charge in [-0.25, -0.2) is 0 Å². The molecule has 0 saturated carbocycles. The number of ketones is 1. The highest BCUT2D eigenvalue weighted by Gasteiger charge is 2.47. The molecule has 29 heavy (non-hydrogen) atoms. The number of rotatable bonds is 3. The van der Waals surface area contributed by atoms with Crippen molar-refractivity contribution in [1.82, 2.24) is 0 Å². The number of aliphatic hydroxyl groups excluding tert-OH is 1. The maximum Gasteiger partial charge on any atom is 0.300 e. The first-order valence-electron chi connectivity index (χ1n) is 9.38. The van der Waals surface area contributed by atoms with Gasteiger partial charge >= 0.3 is 0 Å². The molecule has 2 aromatic carbocycles. The van der Waals surface area contributed by atoms with E-state index in [9.17, 15) is 14.7 Å². The molecule has 0 spiro atoms. The van der Waals surface area contributed by atoms with Crippen molar-refractivity contribution >= 4 is 34.5 Å². The zero-order chi connectivity index (χ0) is 20.7. The van der Waals surface area contributed by atoms with E-state index in [1.54, 1.807) is 24.3 Å². The average Bonchev–Trinajstić information content (AvgIpc) is 3.25. The van der Waals surface area contributed by atoms with Crippen LogP contribution < -0.4 is 4.90 Å². The second-order valence-corrected chi connectivity index (χ2v) is 8.22. The predicted octanol–water partition coefficient (Wildman–Crippen LogP) is 5.30. The minimum Gasteiger partial charge on any atom is -0.507 e. The molecule has 3 aromatic rings. The van der Waals surface area contributed by atoms with Gasteiger partial charge in [-0.3, -0.25) is 14.5 Å². The highest BCUT2D eigenvalue weighted by molar-refractivity contribution is 7.10. The lowest BCUT2D eigenvalue weighted by Crippen LogP contribution is -2.29. The van der Waals surface area contributed by atoms with E-state index in [0.717, 1.165) is 21.6 Å². The second-order valence-electron chi connectivity index (χ2n) is 7.27. The summed E-state index contributed by atoms with van der Waals surface area (Å²) < 4.78 is 0. The number of hydrogen-bond donors (Lipinski definition) is 1. The molecule has 4 nitrogen and oxygen atoms in total. The van der Waals surface area contributed by atoms with E-state index in [1.807, 2.05) is 56.5 Å². The van der Waals surface area contributed by atoms with E-state index in [1.165, 1.54) is 16.2 Å². The molecule has 0 radical (unpaired) electrons. The number of hydrogen-bond acceptors (Lipinski definition) is 4. The number of carbonyl (C=O) groups excluding carboxylic acids is 2. The zero-order valence-electron chi connectivity index (χ0n) is 16.5. The van der Waals surface area contributed by atoms with E-state index >= 15 is 0 Å². The van der Waals surface area contributed by atoms with Gasteiger partial charge in [0.05, 0.1) is 5.57 Å². The van der Waals surface area contributed by atoms with Crippen molar-refractivity contribution in [2.75, 3.05) is 4.90 Å². The van der Waals surface area contributed by atoms with E-state index < -0.39 is 17.7 Å². The summed E-state index contributed by atoms with van der Waals surface area (Å²) in [5.41, 5.74) is 4.43. The first kappa shape index (κ1) is 19.2. The van der Waals surface area contributed by atoms with Gasteiger partial charge in [0.15, 0.2) is 0 Å². The maximum absolute atomic E-state index is 13.1. The minimum atomic E-state index is -0.664. The van der Waals surface area contributed by atoms with Crippen LogP contribution in [0.3, 0.4) is 0 Å². The summed E-state index contributed by atoms with van der Waals surface area (Å²) in [5.74, 6) is -1.43. The van der Waals surface area contributed by atoms with E-state index in [2.05, 4.69) is 0 Å². The molecular weight excluding hydrogens is 382 g/mol. The van der Waals surface area contributed by atoms with Crippen molar-refractivity contribution in [2.45, 2.75) is 26.8 Å².